The number of hydrogen-bond acceptors (Lipinski definition) is 6. The molecule has 0 unspecified atom stereocenters. The molecule has 0 fully saturated rings. The molecular weight excluding hydrogens is 365 g/mol. The SMILES string of the molecule is CCCCCCCCCCCCCCCC(O)(O)OP(=O)([O-])[O-].[Na+].[Na+]. The monoisotopic (exact) mass is 398 g/mol. The van der Waals surface area contributed by atoms with Crippen LogP contribution in [0, 0.1) is 0 Å². The van der Waals surface area contributed by atoms with Crippen LogP contribution in [0.3, 0.4) is 0 Å². The summed E-state index contributed by atoms with van der Waals surface area (Å²) in [6, 6.07) is 0. The maximum Gasteiger partial charge on any atom is 1.00 e. The largest absolute Gasteiger partial charge is 1.00 e. The summed E-state index contributed by atoms with van der Waals surface area (Å²) >= 11 is 0. The Balaban J connectivity index is -0.00000242. The first kappa shape index (κ1) is 31.7. The van der Waals surface area contributed by atoms with Gasteiger partial charge in [0.05, 0.1) is 7.82 Å². The van der Waals surface area contributed by atoms with Crippen LogP contribution in [0.1, 0.15) is 96.8 Å². The third-order valence-electron chi connectivity index (χ3n) is 3.86. The molecule has 0 saturated heterocycles. The molecule has 0 aromatic heterocycles. The molecule has 0 radical (unpaired) electrons. The summed E-state index contributed by atoms with van der Waals surface area (Å²) in [5.74, 6) is -2.86. The molecule has 0 aromatic carbocycles. The first-order chi connectivity index (χ1) is 10.8. The van der Waals surface area contributed by atoms with Gasteiger partial charge in [0.25, 0.3) is 5.97 Å². The van der Waals surface area contributed by atoms with Crippen LogP contribution in [0.2, 0.25) is 0 Å². The second kappa shape index (κ2) is 19.4. The fourth-order valence-electron chi connectivity index (χ4n) is 2.60. The third-order valence-corrected chi connectivity index (χ3v) is 4.38. The molecule has 9 heteroatoms. The standard InChI is InChI=1S/C16H35O6P.2Na/c1-2-3-4-5-6-7-8-9-10-11-12-13-14-15-16(17,18)22-23(19,20)21;;/h17-18H,2-15H2,1H3,(H2,19,20,21);;/q;2*+1/p-2. The van der Waals surface area contributed by atoms with E-state index in [0.29, 0.717) is 6.42 Å². The zero-order chi connectivity index (χ0) is 17.6. The zero-order valence-electron chi connectivity index (χ0n) is 16.4. The van der Waals surface area contributed by atoms with Crippen molar-refractivity contribution in [3.63, 3.8) is 0 Å². The number of phosphoric acid groups is 1. The van der Waals surface area contributed by atoms with Crippen LogP contribution in [-0.2, 0) is 9.09 Å². The van der Waals surface area contributed by atoms with Crippen LogP contribution in [-0.4, -0.2) is 16.2 Å². The van der Waals surface area contributed by atoms with Crippen LogP contribution in [0.25, 0.3) is 0 Å². The molecule has 6 nitrogen and oxygen atoms in total. The number of unbranched alkanes of at least 4 members (excludes halogenated alkanes) is 12. The Morgan fingerprint density at radius 3 is 1.40 bits per heavy atom. The molecule has 0 heterocycles. The molecule has 0 aliphatic rings. The number of aliphatic hydroxyl groups is 2. The van der Waals surface area contributed by atoms with E-state index >= 15 is 0 Å². The molecule has 0 atom stereocenters. The normalized spacial score (nSPS) is 11.7. The third kappa shape index (κ3) is 26.0. The average molecular weight is 398 g/mol. The van der Waals surface area contributed by atoms with Crippen molar-refractivity contribution in [2.24, 2.45) is 0 Å². The summed E-state index contributed by atoms with van der Waals surface area (Å²) < 4.78 is 14.0. The topological polar surface area (TPSA) is 113 Å². The van der Waals surface area contributed by atoms with Gasteiger partial charge in [0.15, 0.2) is 0 Å². The van der Waals surface area contributed by atoms with Gasteiger partial charge in [-0.15, -0.1) is 0 Å². The molecule has 0 aliphatic carbocycles. The Bertz CT molecular complexity index is 326. The maximum atomic E-state index is 10.3. The molecule has 0 aromatic rings. The van der Waals surface area contributed by atoms with E-state index in [2.05, 4.69) is 11.4 Å². The molecule has 0 aliphatic heterocycles. The summed E-state index contributed by atoms with van der Waals surface area (Å²) in [5.41, 5.74) is 0. The second-order valence-corrected chi connectivity index (χ2v) is 7.35. The van der Waals surface area contributed by atoms with E-state index in [1.807, 2.05) is 0 Å². The van der Waals surface area contributed by atoms with Gasteiger partial charge in [-0.2, -0.15) is 0 Å². The van der Waals surface area contributed by atoms with Crippen molar-refractivity contribution in [3.05, 3.63) is 0 Å². The van der Waals surface area contributed by atoms with Crippen molar-refractivity contribution >= 4 is 7.82 Å². The van der Waals surface area contributed by atoms with Crippen molar-refractivity contribution in [1.29, 1.82) is 0 Å². The van der Waals surface area contributed by atoms with Crippen molar-refractivity contribution in [2.45, 2.75) is 103 Å². The Morgan fingerprint density at radius 2 is 1.08 bits per heavy atom. The Hall–Kier alpha value is 2.03. The summed E-state index contributed by atoms with van der Waals surface area (Å²) in [6.45, 7) is 2.22. The van der Waals surface area contributed by atoms with E-state index in [4.69, 9.17) is 0 Å². The van der Waals surface area contributed by atoms with Gasteiger partial charge >= 0.3 is 59.1 Å². The van der Waals surface area contributed by atoms with E-state index < -0.39 is 13.8 Å². The van der Waals surface area contributed by atoms with Crippen molar-refractivity contribution in [2.75, 3.05) is 0 Å². The van der Waals surface area contributed by atoms with Crippen LogP contribution in [0.4, 0.5) is 0 Å². The first-order valence-electron chi connectivity index (χ1n) is 8.94. The summed E-state index contributed by atoms with van der Waals surface area (Å²) in [5, 5.41) is 18.4. The Labute approximate surface area is 197 Å². The zero-order valence-corrected chi connectivity index (χ0v) is 21.3. The maximum absolute atomic E-state index is 10.3. The average Bonchev–Trinajstić information content (AvgIpc) is 2.41. The molecule has 140 valence electrons. The van der Waals surface area contributed by atoms with E-state index in [0.717, 1.165) is 19.3 Å². The number of rotatable bonds is 16. The smallest absolute Gasteiger partial charge is 0.790 e. The van der Waals surface area contributed by atoms with Gasteiger partial charge in [0, 0.05) is 6.42 Å². The Kier molecular flexibility index (Phi) is 24.5. The van der Waals surface area contributed by atoms with E-state index in [1.54, 1.807) is 0 Å². The molecule has 0 bridgehead atoms. The van der Waals surface area contributed by atoms with Crippen LogP contribution < -0.4 is 68.9 Å². The molecular formula is C16H33Na2O6P. The first-order valence-corrected chi connectivity index (χ1v) is 10.4. The summed E-state index contributed by atoms with van der Waals surface area (Å²) in [6.07, 6.45) is 14.6. The fourth-order valence-corrected chi connectivity index (χ4v) is 3.05. The quantitative estimate of drug-likeness (QED) is 0.124. The molecule has 25 heavy (non-hydrogen) atoms. The van der Waals surface area contributed by atoms with Gasteiger partial charge in [-0.3, -0.25) is 4.52 Å². The molecule has 2 N–H and O–H groups in total. The molecule has 0 saturated carbocycles. The van der Waals surface area contributed by atoms with Crippen LogP contribution in [0.5, 0.6) is 0 Å². The summed E-state index contributed by atoms with van der Waals surface area (Å²) in [4.78, 5) is 20.6. The van der Waals surface area contributed by atoms with Crippen molar-refractivity contribution in [1.82, 2.24) is 0 Å². The fraction of sp³-hybridized carbons (Fsp3) is 1.00. The van der Waals surface area contributed by atoms with Gasteiger partial charge in [0.1, 0.15) is 0 Å². The number of hydrogen-bond donors (Lipinski definition) is 2. The minimum absolute atomic E-state index is 0. The minimum atomic E-state index is -5.37. The minimum Gasteiger partial charge on any atom is -0.790 e. The predicted molar refractivity (Wildman–Crippen MR) is 86.2 cm³/mol. The van der Waals surface area contributed by atoms with Crippen LogP contribution >= 0.6 is 7.82 Å². The summed E-state index contributed by atoms with van der Waals surface area (Å²) in [7, 11) is -5.37. The van der Waals surface area contributed by atoms with Gasteiger partial charge in [-0.05, 0) is 6.42 Å². The molecule has 0 spiro atoms. The van der Waals surface area contributed by atoms with Gasteiger partial charge in [-0.25, -0.2) is 0 Å². The second-order valence-electron chi connectivity index (χ2n) is 6.27. The van der Waals surface area contributed by atoms with Crippen molar-refractivity contribution in [3.8, 4) is 0 Å². The van der Waals surface area contributed by atoms with Gasteiger partial charge in [-0.1, -0.05) is 84.0 Å². The van der Waals surface area contributed by atoms with Gasteiger partial charge < -0.3 is 24.6 Å². The predicted octanol–water partition coefficient (Wildman–Crippen LogP) is -3.04. The van der Waals surface area contributed by atoms with Gasteiger partial charge in [0.2, 0.25) is 0 Å². The molecule has 0 amide bonds. The van der Waals surface area contributed by atoms with E-state index in [1.165, 1.54) is 57.8 Å². The van der Waals surface area contributed by atoms with E-state index in [9.17, 15) is 24.6 Å². The number of phosphoric ester groups is 1. The van der Waals surface area contributed by atoms with E-state index in [-0.39, 0.29) is 65.5 Å². The van der Waals surface area contributed by atoms with Crippen LogP contribution in [0.15, 0.2) is 0 Å². The molecule has 0 rings (SSSR count). The Morgan fingerprint density at radius 1 is 0.760 bits per heavy atom. The van der Waals surface area contributed by atoms with Crippen molar-refractivity contribution < 1.29 is 88.2 Å².